The number of likely N-dealkylation sites (N-methyl/N-ethyl adjacent to an activating group) is 1. The predicted octanol–water partition coefficient (Wildman–Crippen LogP) is 1.92. The molecule has 0 aliphatic carbocycles. The monoisotopic (exact) mass is 329 g/mol. The summed E-state index contributed by atoms with van der Waals surface area (Å²) in [6.07, 6.45) is 3.63. The molecule has 1 aromatic carbocycles. The number of anilines is 1. The van der Waals surface area contributed by atoms with Crippen LogP contribution in [-0.4, -0.2) is 60.0 Å². The molecule has 1 saturated heterocycles. The van der Waals surface area contributed by atoms with E-state index >= 15 is 0 Å². The van der Waals surface area contributed by atoms with Crippen LogP contribution in [0.25, 0.3) is 11.1 Å². The zero-order valence-corrected chi connectivity index (χ0v) is 14.0. The van der Waals surface area contributed by atoms with Crippen molar-refractivity contribution in [1.29, 1.82) is 0 Å². The third-order valence-electron chi connectivity index (χ3n) is 4.12. The van der Waals surface area contributed by atoms with Gasteiger partial charge in [-0.2, -0.15) is 5.10 Å². The molecule has 2 amide bonds. The molecule has 0 spiro atoms. The average molecular weight is 329 g/mol. The van der Waals surface area contributed by atoms with E-state index in [0.717, 1.165) is 29.9 Å². The third kappa shape index (κ3) is 3.93. The maximum Gasteiger partial charge on any atom is 0.319 e. The Bertz CT molecular complexity index is 656. The first-order valence-corrected chi connectivity index (χ1v) is 8.12. The number of aromatic nitrogens is 2. The van der Waals surface area contributed by atoms with Crippen LogP contribution in [0.2, 0.25) is 0 Å². The fourth-order valence-electron chi connectivity index (χ4n) is 2.97. The summed E-state index contributed by atoms with van der Waals surface area (Å²) in [6.45, 7) is 4.24. The van der Waals surface area contributed by atoms with E-state index in [2.05, 4.69) is 25.7 Å². The van der Waals surface area contributed by atoms with E-state index in [1.165, 1.54) is 0 Å². The number of aromatic amines is 1. The fraction of sp³-hybridized carbons (Fsp3) is 0.412. The van der Waals surface area contributed by atoms with Gasteiger partial charge >= 0.3 is 6.03 Å². The van der Waals surface area contributed by atoms with Gasteiger partial charge in [-0.05, 0) is 31.7 Å². The highest BCUT2D eigenvalue weighted by molar-refractivity contribution is 5.89. The summed E-state index contributed by atoms with van der Waals surface area (Å²) in [7, 11) is 2.03. The van der Waals surface area contributed by atoms with E-state index < -0.39 is 0 Å². The first-order chi connectivity index (χ1) is 11.7. The van der Waals surface area contributed by atoms with Crippen molar-refractivity contribution in [2.45, 2.75) is 19.1 Å². The first-order valence-electron chi connectivity index (χ1n) is 8.12. The van der Waals surface area contributed by atoms with Gasteiger partial charge in [-0.3, -0.25) is 5.10 Å². The van der Waals surface area contributed by atoms with E-state index in [4.69, 9.17) is 4.74 Å². The van der Waals surface area contributed by atoms with Crippen molar-refractivity contribution in [1.82, 2.24) is 20.4 Å². The van der Waals surface area contributed by atoms with Crippen molar-refractivity contribution in [2.75, 3.05) is 32.1 Å². The molecule has 1 aliphatic heterocycles. The van der Waals surface area contributed by atoms with E-state index in [0.29, 0.717) is 6.61 Å². The van der Waals surface area contributed by atoms with Gasteiger partial charge in [-0.25, -0.2) is 4.79 Å². The number of amides is 2. The number of likely N-dealkylation sites (tertiary alicyclic amines) is 1. The highest BCUT2D eigenvalue weighted by Crippen LogP contribution is 2.20. The second-order valence-electron chi connectivity index (χ2n) is 5.98. The van der Waals surface area contributed by atoms with E-state index in [1.807, 2.05) is 44.4 Å². The van der Waals surface area contributed by atoms with Gasteiger partial charge in [0.05, 0.1) is 18.3 Å². The number of urea groups is 1. The standard InChI is InChI=1S/C17H23N5O2/c1-3-24-16-11-22(2)10-15(16)21-17(23)20-14-6-4-12(5-7-14)13-8-18-19-9-13/h4-9,15-16H,3,10-11H2,1-2H3,(H,18,19)(H2,20,21,23)/t15-,16-/m0/s1. The maximum atomic E-state index is 12.2. The first kappa shape index (κ1) is 16.5. The van der Waals surface area contributed by atoms with Gasteiger partial charge in [0.2, 0.25) is 0 Å². The number of hydrogen-bond donors (Lipinski definition) is 3. The van der Waals surface area contributed by atoms with Crippen molar-refractivity contribution in [3.8, 4) is 11.1 Å². The van der Waals surface area contributed by atoms with Crippen molar-refractivity contribution >= 4 is 11.7 Å². The summed E-state index contributed by atoms with van der Waals surface area (Å²) in [5.41, 5.74) is 2.81. The third-order valence-corrected chi connectivity index (χ3v) is 4.12. The molecular weight excluding hydrogens is 306 g/mol. The predicted molar refractivity (Wildman–Crippen MR) is 92.9 cm³/mol. The minimum Gasteiger partial charge on any atom is -0.375 e. The number of carbonyl (C=O) groups is 1. The smallest absolute Gasteiger partial charge is 0.319 e. The Kier molecular flexibility index (Phi) is 5.12. The topological polar surface area (TPSA) is 82.3 Å². The molecule has 7 nitrogen and oxygen atoms in total. The van der Waals surface area contributed by atoms with Crippen molar-refractivity contribution in [3.63, 3.8) is 0 Å². The second-order valence-corrected chi connectivity index (χ2v) is 5.98. The number of nitrogens with one attached hydrogen (secondary N) is 3. The van der Waals surface area contributed by atoms with Crippen molar-refractivity contribution < 1.29 is 9.53 Å². The summed E-state index contributed by atoms with van der Waals surface area (Å²) in [5, 5.41) is 12.6. The van der Waals surface area contributed by atoms with Crippen LogP contribution in [0.5, 0.6) is 0 Å². The minimum atomic E-state index is -0.212. The molecule has 3 rings (SSSR count). The lowest BCUT2D eigenvalue weighted by Crippen LogP contribution is -2.45. The number of rotatable bonds is 5. The molecule has 128 valence electrons. The van der Waals surface area contributed by atoms with Crippen LogP contribution in [0.1, 0.15) is 6.92 Å². The van der Waals surface area contributed by atoms with Gasteiger partial charge in [-0.1, -0.05) is 12.1 Å². The van der Waals surface area contributed by atoms with Crippen LogP contribution >= 0.6 is 0 Å². The molecule has 2 atom stereocenters. The van der Waals surface area contributed by atoms with Gasteiger partial charge < -0.3 is 20.3 Å². The second kappa shape index (κ2) is 7.46. The van der Waals surface area contributed by atoms with Gasteiger partial charge in [-0.15, -0.1) is 0 Å². The number of carbonyl (C=O) groups excluding carboxylic acids is 1. The van der Waals surface area contributed by atoms with Crippen LogP contribution < -0.4 is 10.6 Å². The lowest BCUT2D eigenvalue weighted by Gasteiger charge is -2.20. The largest absolute Gasteiger partial charge is 0.375 e. The molecule has 7 heteroatoms. The van der Waals surface area contributed by atoms with Gasteiger partial charge in [0.1, 0.15) is 0 Å². The molecule has 0 radical (unpaired) electrons. The number of nitrogens with zero attached hydrogens (tertiary/aromatic N) is 2. The Hall–Kier alpha value is -2.38. The molecule has 1 fully saturated rings. The van der Waals surface area contributed by atoms with E-state index in [-0.39, 0.29) is 18.2 Å². The Labute approximate surface area is 141 Å². The molecular formula is C17H23N5O2. The van der Waals surface area contributed by atoms with E-state index in [9.17, 15) is 4.79 Å². The lowest BCUT2D eigenvalue weighted by atomic mass is 10.1. The Morgan fingerprint density at radius 3 is 2.79 bits per heavy atom. The minimum absolute atomic E-state index is 0.000142. The molecule has 0 bridgehead atoms. The summed E-state index contributed by atoms with van der Waals surface area (Å²) >= 11 is 0. The van der Waals surface area contributed by atoms with Crippen LogP contribution in [0.3, 0.4) is 0 Å². The van der Waals surface area contributed by atoms with Crippen LogP contribution in [0.15, 0.2) is 36.7 Å². The summed E-state index contributed by atoms with van der Waals surface area (Å²) in [6, 6.07) is 7.45. The molecule has 2 aromatic rings. The van der Waals surface area contributed by atoms with Crippen LogP contribution in [-0.2, 0) is 4.74 Å². The summed E-state index contributed by atoms with van der Waals surface area (Å²) < 4.78 is 5.70. The Morgan fingerprint density at radius 1 is 1.33 bits per heavy atom. The number of ether oxygens (including phenoxy) is 1. The molecule has 0 unspecified atom stereocenters. The maximum absolute atomic E-state index is 12.2. The van der Waals surface area contributed by atoms with E-state index in [1.54, 1.807) is 6.20 Å². The van der Waals surface area contributed by atoms with Gasteiger partial charge in [0.25, 0.3) is 0 Å². The highest BCUT2D eigenvalue weighted by atomic mass is 16.5. The van der Waals surface area contributed by atoms with Crippen LogP contribution in [0.4, 0.5) is 10.5 Å². The van der Waals surface area contributed by atoms with Crippen molar-refractivity contribution in [2.24, 2.45) is 0 Å². The summed E-state index contributed by atoms with van der Waals surface area (Å²) in [5.74, 6) is 0. The van der Waals surface area contributed by atoms with Gasteiger partial charge in [0.15, 0.2) is 0 Å². The molecule has 1 aliphatic rings. The average Bonchev–Trinajstić information content (AvgIpc) is 3.19. The van der Waals surface area contributed by atoms with Crippen LogP contribution in [0, 0.1) is 0 Å². The zero-order valence-electron chi connectivity index (χ0n) is 14.0. The molecule has 0 saturated carbocycles. The molecule has 3 N–H and O–H groups in total. The molecule has 24 heavy (non-hydrogen) atoms. The number of H-pyrrole nitrogens is 1. The quantitative estimate of drug-likeness (QED) is 0.783. The number of benzene rings is 1. The zero-order chi connectivity index (χ0) is 16.9. The van der Waals surface area contributed by atoms with Crippen molar-refractivity contribution in [3.05, 3.63) is 36.7 Å². The SMILES string of the molecule is CCO[C@H]1CN(C)C[C@@H]1NC(=O)Nc1ccc(-c2cn[nH]c2)cc1. The summed E-state index contributed by atoms with van der Waals surface area (Å²) in [4.78, 5) is 14.4. The normalized spacial score (nSPS) is 20.9. The molecule has 1 aromatic heterocycles. The highest BCUT2D eigenvalue weighted by Gasteiger charge is 2.32. The fourth-order valence-corrected chi connectivity index (χ4v) is 2.97. The Balaban J connectivity index is 1.56. The van der Waals surface area contributed by atoms with Gasteiger partial charge in [0, 0.05) is 37.1 Å². The number of hydrogen-bond acceptors (Lipinski definition) is 4. The lowest BCUT2D eigenvalue weighted by molar-refractivity contribution is 0.0568. The molecule has 2 heterocycles. The Morgan fingerprint density at radius 2 is 2.12 bits per heavy atom.